The van der Waals surface area contributed by atoms with Crippen LogP contribution in [0, 0.1) is 12.8 Å². The highest BCUT2D eigenvalue weighted by Gasteiger charge is 2.25. The van der Waals surface area contributed by atoms with Crippen molar-refractivity contribution in [3.8, 4) is 5.75 Å². The molecule has 0 spiro atoms. The average Bonchev–Trinajstić information content (AvgIpc) is 2.71. The minimum Gasteiger partial charge on any atom is -0.495 e. The highest BCUT2D eigenvalue weighted by Crippen LogP contribution is 2.38. The Balaban J connectivity index is 2.28. The Morgan fingerprint density at radius 2 is 2.21 bits per heavy atom. The van der Waals surface area contributed by atoms with E-state index < -0.39 is 0 Å². The van der Waals surface area contributed by atoms with E-state index in [4.69, 9.17) is 10.5 Å². The molecule has 1 unspecified atom stereocenters. The molecule has 3 nitrogen and oxygen atoms in total. The van der Waals surface area contributed by atoms with Crippen LogP contribution in [0.5, 0.6) is 5.75 Å². The fourth-order valence-electron chi connectivity index (χ4n) is 3.45. The van der Waals surface area contributed by atoms with Gasteiger partial charge in [-0.1, -0.05) is 0 Å². The Labute approximate surface area is 114 Å². The van der Waals surface area contributed by atoms with Gasteiger partial charge >= 0.3 is 0 Å². The normalized spacial score (nSPS) is 18.6. The second-order valence-corrected chi connectivity index (χ2v) is 5.69. The molecule has 0 saturated carbocycles. The van der Waals surface area contributed by atoms with Gasteiger partial charge in [0.05, 0.1) is 12.6 Å². The van der Waals surface area contributed by atoms with E-state index in [1.165, 1.54) is 34.1 Å². The van der Waals surface area contributed by atoms with E-state index in [1.807, 2.05) is 0 Å². The molecule has 1 aromatic heterocycles. The Bertz CT molecular complexity index is 627. The average molecular weight is 258 g/mol. The number of nitrogens with zero attached hydrogens (tertiary/aromatic N) is 1. The predicted octanol–water partition coefficient (Wildman–Crippen LogP) is 2.56. The van der Waals surface area contributed by atoms with Crippen LogP contribution >= 0.6 is 0 Å². The zero-order valence-electron chi connectivity index (χ0n) is 12.0. The Hall–Kier alpha value is -1.48. The van der Waals surface area contributed by atoms with E-state index in [-0.39, 0.29) is 0 Å². The monoisotopic (exact) mass is 258 g/mol. The van der Waals surface area contributed by atoms with Crippen molar-refractivity contribution in [2.24, 2.45) is 18.7 Å². The lowest BCUT2D eigenvalue weighted by molar-refractivity contribution is 0.417. The number of hydrogen-bond acceptors (Lipinski definition) is 2. The van der Waals surface area contributed by atoms with Crippen molar-refractivity contribution in [2.75, 3.05) is 13.7 Å². The number of aromatic nitrogens is 1. The fraction of sp³-hybridized carbons (Fsp3) is 0.500. The molecule has 0 aliphatic heterocycles. The molecular weight excluding hydrogens is 236 g/mol. The van der Waals surface area contributed by atoms with Gasteiger partial charge in [0.15, 0.2) is 0 Å². The lowest BCUT2D eigenvalue weighted by atomic mass is 9.86. The summed E-state index contributed by atoms with van der Waals surface area (Å²) in [5, 5.41) is 1.35. The van der Waals surface area contributed by atoms with Gasteiger partial charge in [0, 0.05) is 18.1 Å². The summed E-state index contributed by atoms with van der Waals surface area (Å²) in [5.74, 6) is 1.61. The third kappa shape index (κ3) is 1.84. The molecule has 0 amide bonds. The van der Waals surface area contributed by atoms with Crippen molar-refractivity contribution in [3.63, 3.8) is 0 Å². The first-order valence-electron chi connectivity index (χ1n) is 7.00. The summed E-state index contributed by atoms with van der Waals surface area (Å²) < 4.78 is 7.89. The van der Waals surface area contributed by atoms with Crippen LogP contribution < -0.4 is 10.5 Å². The SMILES string of the molecule is COc1cc(C)cc2c3c(n(C)c12)CCC(CN)C3. The number of aryl methyl sites for hydroxylation is 2. The summed E-state index contributed by atoms with van der Waals surface area (Å²) in [6.07, 6.45) is 3.44. The van der Waals surface area contributed by atoms with Gasteiger partial charge < -0.3 is 15.0 Å². The standard InChI is InChI=1S/C16H22N2O/c1-10-6-13-12-8-11(9-17)4-5-14(12)18(2)16(13)15(7-10)19-3/h6-7,11H,4-5,8-9,17H2,1-3H3. The minimum absolute atomic E-state index is 0.629. The number of hydrogen-bond donors (Lipinski definition) is 1. The maximum atomic E-state index is 5.87. The second-order valence-electron chi connectivity index (χ2n) is 5.69. The van der Waals surface area contributed by atoms with E-state index in [0.29, 0.717) is 5.92 Å². The van der Waals surface area contributed by atoms with Crippen molar-refractivity contribution in [1.82, 2.24) is 4.57 Å². The molecule has 2 aromatic rings. The largest absolute Gasteiger partial charge is 0.495 e. The highest BCUT2D eigenvalue weighted by atomic mass is 16.5. The summed E-state index contributed by atoms with van der Waals surface area (Å²) in [4.78, 5) is 0. The van der Waals surface area contributed by atoms with E-state index >= 15 is 0 Å². The molecule has 3 heteroatoms. The second kappa shape index (κ2) is 4.57. The van der Waals surface area contributed by atoms with Gasteiger partial charge in [-0.15, -0.1) is 0 Å². The van der Waals surface area contributed by atoms with Gasteiger partial charge in [-0.25, -0.2) is 0 Å². The third-order valence-corrected chi connectivity index (χ3v) is 4.47. The number of nitrogens with two attached hydrogens (primary N) is 1. The van der Waals surface area contributed by atoms with E-state index in [9.17, 15) is 0 Å². The molecule has 1 aliphatic carbocycles. The molecule has 102 valence electrons. The van der Waals surface area contributed by atoms with Crippen LogP contribution in [0.4, 0.5) is 0 Å². The Kier molecular flexibility index (Phi) is 3.02. The first-order valence-corrected chi connectivity index (χ1v) is 7.00. The molecule has 1 heterocycles. The molecule has 19 heavy (non-hydrogen) atoms. The lowest BCUT2D eigenvalue weighted by Gasteiger charge is -2.21. The van der Waals surface area contributed by atoms with Crippen molar-refractivity contribution < 1.29 is 4.74 Å². The number of rotatable bonds is 2. The van der Waals surface area contributed by atoms with Gasteiger partial charge in [0.2, 0.25) is 0 Å². The van der Waals surface area contributed by atoms with Crippen LogP contribution in [0.2, 0.25) is 0 Å². The molecule has 2 N–H and O–H groups in total. The molecule has 1 atom stereocenters. The predicted molar refractivity (Wildman–Crippen MR) is 78.8 cm³/mol. The maximum absolute atomic E-state index is 5.87. The van der Waals surface area contributed by atoms with Crippen molar-refractivity contribution in [3.05, 3.63) is 29.0 Å². The molecule has 1 aromatic carbocycles. The zero-order chi connectivity index (χ0) is 13.6. The minimum atomic E-state index is 0.629. The van der Waals surface area contributed by atoms with Crippen LogP contribution in [-0.2, 0) is 19.9 Å². The smallest absolute Gasteiger partial charge is 0.143 e. The molecule has 1 aliphatic rings. The lowest BCUT2D eigenvalue weighted by Crippen LogP contribution is -2.22. The molecule has 0 bridgehead atoms. The van der Waals surface area contributed by atoms with Crippen LogP contribution in [0.25, 0.3) is 10.9 Å². The maximum Gasteiger partial charge on any atom is 0.143 e. The van der Waals surface area contributed by atoms with Gasteiger partial charge in [-0.05, 0) is 61.9 Å². The van der Waals surface area contributed by atoms with Gasteiger partial charge in [0.25, 0.3) is 0 Å². The topological polar surface area (TPSA) is 40.2 Å². The Morgan fingerprint density at radius 1 is 1.42 bits per heavy atom. The van der Waals surface area contributed by atoms with Crippen LogP contribution in [0.15, 0.2) is 12.1 Å². The van der Waals surface area contributed by atoms with E-state index in [1.54, 1.807) is 7.11 Å². The number of fused-ring (bicyclic) bond motifs is 3. The fourth-order valence-corrected chi connectivity index (χ4v) is 3.45. The molecule has 0 saturated heterocycles. The molecular formula is C16H22N2O. The van der Waals surface area contributed by atoms with E-state index in [2.05, 4.69) is 30.7 Å². The number of methoxy groups -OCH3 is 1. The first-order chi connectivity index (χ1) is 9.15. The Morgan fingerprint density at radius 3 is 2.89 bits per heavy atom. The summed E-state index contributed by atoms with van der Waals surface area (Å²) in [6.45, 7) is 2.92. The molecule has 0 fully saturated rings. The van der Waals surface area contributed by atoms with Crippen molar-refractivity contribution >= 4 is 10.9 Å². The van der Waals surface area contributed by atoms with Crippen molar-refractivity contribution in [2.45, 2.75) is 26.2 Å². The molecule has 3 rings (SSSR count). The van der Waals surface area contributed by atoms with Crippen LogP contribution in [-0.4, -0.2) is 18.2 Å². The number of benzene rings is 1. The van der Waals surface area contributed by atoms with Crippen LogP contribution in [0.1, 0.15) is 23.2 Å². The van der Waals surface area contributed by atoms with Gasteiger partial charge in [-0.2, -0.15) is 0 Å². The molecule has 0 radical (unpaired) electrons. The summed E-state index contributed by atoms with van der Waals surface area (Å²) in [7, 11) is 3.91. The third-order valence-electron chi connectivity index (χ3n) is 4.47. The summed E-state index contributed by atoms with van der Waals surface area (Å²) in [6, 6.07) is 4.41. The van der Waals surface area contributed by atoms with E-state index in [0.717, 1.165) is 25.1 Å². The van der Waals surface area contributed by atoms with Crippen molar-refractivity contribution in [1.29, 1.82) is 0 Å². The van der Waals surface area contributed by atoms with Gasteiger partial charge in [-0.3, -0.25) is 0 Å². The quantitative estimate of drug-likeness (QED) is 0.899. The van der Waals surface area contributed by atoms with Gasteiger partial charge in [0.1, 0.15) is 5.75 Å². The summed E-state index contributed by atoms with van der Waals surface area (Å²) >= 11 is 0. The first kappa shape index (κ1) is 12.5. The zero-order valence-corrected chi connectivity index (χ0v) is 12.0. The number of ether oxygens (including phenoxy) is 1. The highest BCUT2D eigenvalue weighted by molar-refractivity contribution is 5.91. The summed E-state index contributed by atoms with van der Waals surface area (Å²) in [5.41, 5.74) is 11.3. The van der Waals surface area contributed by atoms with Crippen LogP contribution in [0.3, 0.4) is 0 Å².